The summed E-state index contributed by atoms with van der Waals surface area (Å²) in [6.45, 7) is 4.01. The molecule has 0 radical (unpaired) electrons. The smallest absolute Gasteiger partial charge is 0.264 e. The molecule has 0 saturated carbocycles. The van der Waals surface area contributed by atoms with E-state index in [1.165, 1.54) is 11.3 Å². The summed E-state index contributed by atoms with van der Waals surface area (Å²) in [7, 11) is 0. The Labute approximate surface area is 195 Å². The third-order valence-corrected chi connectivity index (χ3v) is 8.36. The zero-order chi connectivity index (χ0) is 22.5. The maximum atomic E-state index is 13.4. The molecule has 2 aliphatic rings. The van der Waals surface area contributed by atoms with E-state index in [-0.39, 0.29) is 11.5 Å². The first-order valence-electron chi connectivity index (χ1n) is 11.9. The number of rotatable bonds is 2. The number of amides is 1. The third kappa shape index (κ3) is 3.47. The molecule has 8 heteroatoms. The van der Waals surface area contributed by atoms with E-state index in [0.717, 1.165) is 73.3 Å². The number of carbonyl (C=O) groups excluding carboxylic acids is 1. The van der Waals surface area contributed by atoms with Crippen molar-refractivity contribution in [3.8, 4) is 0 Å². The van der Waals surface area contributed by atoms with Crippen LogP contribution in [0.3, 0.4) is 0 Å². The maximum absolute atomic E-state index is 13.4. The van der Waals surface area contributed by atoms with Crippen molar-refractivity contribution in [1.82, 2.24) is 24.4 Å². The van der Waals surface area contributed by atoms with Crippen LogP contribution in [0.4, 0.5) is 0 Å². The lowest BCUT2D eigenvalue weighted by atomic mass is 9.96. The van der Waals surface area contributed by atoms with Crippen molar-refractivity contribution in [3.63, 3.8) is 0 Å². The van der Waals surface area contributed by atoms with E-state index in [9.17, 15) is 9.59 Å². The topological polar surface area (TPSA) is 83.9 Å². The van der Waals surface area contributed by atoms with E-state index >= 15 is 0 Å². The van der Waals surface area contributed by atoms with Crippen LogP contribution >= 0.6 is 11.3 Å². The van der Waals surface area contributed by atoms with Gasteiger partial charge in [0.25, 0.3) is 11.5 Å². The van der Waals surface area contributed by atoms with Crippen LogP contribution in [0, 0.1) is 6.92 Å². The molecule has 7 nitrogen and oxygen atoms in total. The molecule has 33 heavy (non-hydrogen) atoms. The molecule has 0 atom stereocenters. The SMILES string of the molecule is Cc1c(C(=O)N2CCC(c3nc4ccccc4[nH]3)CC2)sc2nc3n(c(=O)c12)CCCCC3. The van der Waals surface area contributed by atoms with Crippen LogP contribution < -0.4 is 5.56 Å². The summed E-state index contributed by atoms with van der Waals surface area (Å²) in [5.41, 5.74) is 2.86. The highest BCUT2D eigenvalue weighted by molar-refractivity contribution is 7.20. The number of imidazole rings is 1. The number of H-pyrrole nitrogens is 1. The van der Waals surface area contributed by atoms with Crippen LogP contribution in [0.5, 0.6) is 0 Å². The minimum Gasteiger partial charge on any atom is -0.342 e. The molecule has 6 rings (SSSR count). The normalized spacial score (nSPS) is 17.4. The maximum Gasteiger partial charge on any atom is 0.264 e. The summed E-state index contributed by atoms with van der Waals surface area (Å²) in [4.78, 5) is 43.0. The standard InChI is InChI=1S/C25H27N5O2S/c1-15-20-23(28-19-9-3-2-6-12-30(19)24(20)31)33-21(15)25(32)29-13-10-16(11-14-29)22-26-17-7-4-5-8-18(17)27-22/h4-5,7-8,16H,2-3,6,9-14H2,1H3,(H,26,27). The molecule has 0 bridgehead atoms. The highest BCUT2D eigenvalue weighted by Crippen LogP contribution is 2.32. The predicted molar refractivity (Wildman–Crippen MR) is 130 cm³/mol. The number of hydrogen-bond acceptors (Lipinski definition) is 5. The van der Waals surface area contributed by atoms with Gasteiger partial charge in [-0.2, -0.15) is 0 Å². The van der Waals surface area contributed by atoms with Crippen molar-refractivity contribution in [3.05, 3.63) is 56.7 Å². The van der Waals surface area contributed by atoms with Gasteiger partial charge >= 0.3 is 0 Å². The number of carbonyl (C=O) groups is 1. The van der Waals surface area contributed by atoms with Gasteiger partial charge in [0.2, 0.25) is 0 Å². The zero-order valence-electron chi connectivity index (χ0n) is 18.8. The number of aryl methyl sites for hydroxylation is 2. The largest absolute Gasteiger partial charge is 0.342 e. The first-order chi connectivity index (χ1) is 16.1. The summed E-state index contributed by atoms with van der Waals surface area (Å²) >= 11 is 1.39. The number of aromatic nitrogens is 4. The van der Waals surface area contributed by atoms with Gasteiger partial charge in [0.15, 0.2) is 0 Å². The summed E-state index contributed by atoms with van der Waals surface area (Å²) in [5.74, 6) is 2.24. The molecule has 170 valence electrons. The summed E-state index contributed by atoms with van der Waals surface area (Å²) in [5, 5.41) is 0.631. The molecule has 4 aromatic rings. The molecule has 1 fully saturated rings. The van der Waals surface area contributed by atoms with Crippen LogP contribution in [0.2, 0.25) is 0 Å². The number of benzene rings is 1. The summed E-state index contributed by atoms with van der Waals surface area (Å²) in [6.07, 6.45) is 5.79. The molecule has 5 heterocycles. The van der Waals surface area contributed by atoms with Crippen molar-refractivity contribution in [2.75, 3.05) is 13.1 Å². The van der Waals surface area contributed by atoms with Gasteiger partial charge in [-0.3, -0.25) is 14.2 Å². The van der Waals surface area contributed by atoms with E-state index in [1.807, 2.05) is 40.7 Å². The van der Waals surface area contributed by atoms with Gasteiger partial charge in [0.05, 0.1) is 21.3 Å². The second kappa shape index (κ2) is 8.09. The van der Waals surface area contributed by atoms with Crippen molar-refractivity contribution in [2.45, 2.75) is 57.9 Å². The van der Waals surface area contributed by atoms with Crippen molar-refractivity contribution in [1.29, 1.82) is 0 Å². The van der Waals surface area contributed by atoms with Crippen LogP contribution in [0.1, 0.15) is 64.9 Å². The predicted octanol–water partition coefficient (Wildman–Crippen LogP) is 4.39. The molecule has 2 aliphatic heterocycles. The third-order valence-electron chi connectivity index (χ3n) is 7.18. The lowest BCUT2D eigenvalue weighted by Gasteiger charge is -2.31. The van der Waals surface area contributed by atoms with E-state index in [4.69, 9.17) is 9.97 Å². The molecule has 0 aliphatic carbocycles. The van der Waals surface area contributed by atoms with Gasteiger partial charge in [-0.1, -0.05) is 18.6 Å². The molecule has 3 aromatic heterocycles. The van der Waals surface area contributed by atoms with Crippen LogP contribution in [-0.2, 0) is 13.0 Å². The number of likely N-dealkylation sites (tertiary alicyclic amines) is 1. The minimum atomic E-state index is 0.0216. The van der Waals surface area contributed by atoms with Gasteiger partial charge in [0, 0.05) is 32.0 Å². The first-order valence-corrected chi connectivity index (χ1v) is 12.7. The number of hydrogen-bond donors (Lipinski definition) is 1. The van der Waals surface area contributed by atoms with E-state index < -0.39 is 0 Å². The number of piperidine rings is 1. The van der Waals surface area contributed by atoms with E-state index in [2.05, 4.69) is 4.98 Å². The Balaban J connectivity index is 1.24. The monoisotopic (exact) mass is 461 g/mol. The fourth-order valence-electron chi connectivity index (χ4n) is 5.28. The second-order valence-electron chi connectivity index (χ2n) is 9.24. The Morgan fingerprint density at radius 2 is 1.91 bits per heavy atom. The molecule has 0 spiro atoms. The molecule has 0 unspecified atom stereocenters. The zero-order valence-corrected chi connectivity index (χ0v) is 19.6. The van der Waals surface area contributed by atoms with Crippen molar-refractivity contribution < 1.29 is 4.79 Å². The number of aromatic amines is 1. The Morgan fingerprint density at radius 1 is 1.09 bits per heavy atom. The molecule has 1 amide bonds. The van der Waals surface area contributed by atoms with E-state index in [1.54, 1.807) is 0 Å². The first kappa shape index (κ1) is 20.6. The summed E-state index contributed by atoms with van der Waals surface area (Å²) < 4.78 is 1.84. The number of nitrogens with zero attached hydrogens (tertiary/aromatic N) is 4. The Hall–Kier alpha value is -3.00. The lowest BCUT2D eigenvalue weighted by molar-refractivity contribution is 0.0715. The quantitative estimate of drug-likeness (QED) is 0.480. The highest BCUT2D eigenvalue weighted by Gasteiger charge is 2.29. The fourth-order valence-corrected chi connectivity index (χ4v) is 6.44. The van der Waals surface area contributed by atoms with Gasteiger partial charge in [-0.05, 0) is 50.3 Å². The minimum absolute atomic E-state index is 0.0216. The highest BCUT2D eigenvalue weighted by atomic mass is 32.1. The van der Waals surface area contributed by atoms with Crippen LogP contribution in [0.25, 0.3) is 21.3 Å². The fraction of sp³-hybridized carbons (Fsp3) is 0.440. The second-order valence-corrected chi connectivity index (χ2v) is 10.2. The number of nitrogens with one attached hydrogen (secondary N) is 1. The van der Waals surface area contributed by atoms with E-state index in [0.29, 0.717) is 34.1 Å². The summed E-state index contributed by atoms with van der Waals surface area (Å²) in [6, 6.07) is 8.08. The Morgan fingerprint density at radius 3 is 2.73 bits per heavy atom. The average molecular weight is 462 g/mol. The molecule has 1 N–H and O–H groups in total. The van der Waals surface area contributed by atoms with Gasteiger partial charge in [-0.25, -0.2) is 9.97 Å². The van der Waals surface area contributed by atoms with Crippen LogP contribution in [0.15, 0.2) is 29.1 Å². The Kier molecular flexibility index (Phi) is 5.05. The van der Waals surface area contributed by atoms with Crippen molar-refractivity contribution in [2.24, 2.45) is 0 Å². The van der Waals surface area contributed by atoms with Gasteiger partial charge in [0.1, 0.15) is 16.5 Å². The molecule has 1 aromatic carbocycles. The average Bonchev–Trinajstić information content (AvgIpc) is 3.32. The van der Waals surface area contributed by atoms with Gasteiger partial charge < -0.3 is 9.88 Å². The lowest BCUT2D eigenvalue weighted by Crippen LogP contribution is -2.38. The number of thiophene rings is 1. The Bertz CT molecular complexity index is 1390. The number of para-hydroxylation sites is 2. The molecule has 1 saturated heterocycles. The molecular weight excluding hydrogens is 434 g/mol. The molecular formula is C25H27N5O2S. The van der Waals surface area contributed by atoms with Crippen LogP contribution in [-0.4, -0.2) is 43.4 Å². The van der Waals surface area contributed by atoms with Crippen molar-refractivity contribution >= 4 is 38.5 Å². The number of fused-ring (bicyclic) bond motifs is 3. The van der Waals surface area contributed by atoms with Gasteiger partial charge in [-0.15, -0.1) is 11.3 Å².